The van der Waals surface area contributed by atoms with E-state index in [4.69, 9.17) is 9.73 Å². The first-order chi connectivity index (χ1) is 12.5. The second-order valence-electron chi connectivity index (χ2n) is 7.22. The summed E-state index contributed by atoms with van der Waals surface area (Å²) in [5.41, 5.74) is 2.60. The van der Waals surface area contributed by atoms with Crippen LogP contribution in [0.5, 0.6) is 0 Å². The molecule has 1 aromatic rings. The van der Waals surface area contributed by atoms with Gasteiger partial charge in [0.25, 0.3) is 0 Å². The first-order valence-corrected chi connectivity index (χ1v) is 10.7. The summed E-state index contributed by atoms with van der Waals surface area (Å²) in [6.45, 7) is 13.7. The molecule has 2 N–H and O–H groups in total. The average Bonchev–Trinajstić information content (AvgIpc) is 2.65. The fourth-order valence-corrected chi connectivity index (χ4v) is 2.94. The first kappa shape index (κ1) is 24.5. The lowest BCUT2D eigenvalue weighted by atomic mass is 10.1. The van der Waals surface area contributed by atoms with Gasteiger partial charge in [-0.05, 0) is 38.2 Å². The lowest BCUT2D eigenvalue weighted by Crippen LogP contribution is -2.43. The fourth-order valence-electron chi connectivity index (χ4n) is 2.72. The van der Waals surface area contributed by atoms with Gasteiger partial charge in [0.05, 0.1) is 19.8 Å². The van der Waals surface area contributed by atoms with Crippen LogP contribution in [0.1, 0.15) is 31.9 Å². The van der Waals surface area contributed by atoms with Crippen molar-refractivity contribution in [2.45, 2.75) is 38.6 Å². The maximum atomic E-state index is 5.43. The number of guanidine groups is 1. The summed E-state index contributed by atoms with van der Waals surface area (Å²) in [7, 11) is 0. The van der Waals surface area contributed by atoms with Crippen molar-refractivity contribution in [2.24, 2.45) is 4.99 Å². The van der Waals surface area contributed by atoms with Crippen LogP contribution in [0.3, 0.4) is 0 Å². The van der Waals surface area contributed by atoms with E-state index in [-0.39, 0.29) is 28.7 Å². The van der Waals surface area contributed by atoms with Gasteiger partial charge in [0.2, 0.25) is 0 Å². The zero-order valence-corrected chi connectivity index (χ0v) is 20.2. The van der Waals surface area contributed by atoms with E-state index >= 15 is 0 Å². The third-order valence-corrected chi connectivity index (χ3v) is 5.75. The molecule has 2 rings (SSSR count). The highest BCUT2D eigenvalue weighted by atomic mass is 127. The smallest absolute Gasteiger partial charge is 0.191 e. The third kappa shape index (κ3) is 9.49. The van der Waals surface area contributed by atoms with Crippen molar-refractivity contribution in [3.8, 4) is 0 Å². The quantitative estimate of drug-likeness (QED) is 0.322. The number of hydrogen-bond donors (Lipinski definition) is 2. The van der Waals surface area contributed by atoms with E-state index in [9.17, 15) is 0 Å². The maximum absolute atomic E-state index is 5.43. The second-order valence-corrected chi connectivity index (χ2v) is 8.73. The molecule has 1 saturated heterocycles. The van der Waals surface area contributed by atoms with E-state index in [1.54, 1.807) is 0 Å². The van der Waals surface area contributed by atoms with E-state index in [1.165, 1.54) is 11.1 Å². The van der Waals surface area contributed by atoms with Gasteiger partial charge >= 0.3 is 0 Å². The van der Waals surface area contributed by atoms with Crippen LogP contribution in [0, 0.1) is 0 Å². The standard InChI is InChI=1S/C20H34N4OS.HI/c1-5-21-19(23-16-20(2,3)26-4)22-14-17-7-6-8-18(13-17)15-24-9-11-25-12-10-24;/h6-8,13H,5,9-12,14-16H2,1-4H3,(H2,21,22,23);1H. The number of halogens is 1. The molecule has 1 aliphatic heterocycles. The van der Waals surface area contributed by atoms with Gasteiger partial charge in [-0.15, -0.1) is 24.0 Å². The Morgan fingerprint density at radius 2 is 1.93 bits per heavy atom. The molecule has 0 aromatic heterocycles. The normalized spacial score (nSPS) is 15.9. The Balaban J connectivity index is 0.00000364. The summed E-state index contributed by atoms with van der Waals surface area (Å²) in [6, 6.07) is 8.76. The molecule has 0 spiro atoms. The molecule has 1 aliphatic rings. The van der Waals surface area contributed by atoms with E-state index in [0.29, 0.717) is 6.54 Å². The average molecular weight is 506 g/mol. The molecule has 0 radical (unpaired) electrons. The second kappa shape index (κ2) is 12.9. The zero-order valence-electron chi connectivity index (χ0n) is 17.1. The van der Waals surface area contributed by atoms with Gasteiger partial charge in [-0.3, -0.25) is 4.90 Å². The summed E-state index contributed by atoms with van der Waals surface area (Å²) in [6.07, 6.45) is 2.14. The van der Waals surface area contributed by atoms with Crippen molar-refractivity contribution < 1.29 is 4.74 Å². The Hall–Kier alpha value is -0.510. The summed E-state index contributed by atoms with van der Waals surface area (Å²) in [5, 5.41) is 6.80. The van der Waals surface area contributed by atoms with Gasteiger partial charge < -0.3 is 15.4 Å². The van der Waals surface area contributed by atoms with E-state index in [1.807, 2.05) is 11.8 Å². The van der Waals surface area contributed by atoms with E-state index < -0.39 is 0 Å². The van der Waals surface area contributed by atoms with Crippen LogP contribution in [-0.2, 0) is 17.8 Å². The lowest BCUT2D eigenvalue weighted by molar-refractivity contribution is 0.0342. The van der Waals surface area contributed by atoms with Gasteiger partial charge in [-0.25, -0.2) is 4.99 Å². The molecule has 0 bridgehead atoms. The van der Waals surface area contributed by atoms with Gasteiger partial charge in [0.15, 0.2) is 5.96 Å². The minimum Gasteiger partial charge on any atom is -0.379 e. The number of ether oxygens (including phenoxy) is 1. The van der Waals surface area contributed by atoms with Crippen molar-refractivity contribution in [1.29, 1.82) is 0 Å². The Labute approximate surface area is 186 Å². The number of rotatable bonds is 8. The zero-order chi connectivity index (χ0) is 18.8. The monoisotopic (exact) mass is 506 g/mol. The molecule has 7 heteroatoms. The molecule has 1 heterocycles. The summed E-state index contributed by atoms with van der Waals surface area (Å²) >= 11 is 1.86. The largest absolute Gasteiger partial charge is 0.379 e. The minimum atomic E-state index is 0. The third-order valence-electron chi connectivity index (χ3n) is 4.50. The SMILES string of the molecule is CCNC(=NCc1cccc(CN2CCOCC2)c1)NCC(C)(C)SC.I. The Bertz CT molecular complexity index is 577. The number of hydrogen-bond acceptors (Lipinski definition) is 4. The van der Waals surface area contributed by atoms with Crippen molar-refractivity contribution in [3.05, 3.63) is 35.4 Å². The van der Waals surface area contributed by atoms with Crippen molar-refractivity contribution in [1.82, 2.24) is 15.5 Å². The Morgan fingerprint density at radius 1 is 1.22 bits per heavy atom. The lowest BCUT2D eigenvalue weighted by Gasteiger charge is -2.26. The molecule has 1 fully saturated rings. The van der Waals surface area contributed by atoms with E-state index in [0.717, 1.165) is 51.9 Å². The molecule has 154 valence electrons. The predicted octanol–water partition coefficient (Wildman–Crippen LogP) is 3.33. The van der Waals surface area contributed by atoms with Crippen LogP contribution < -0.4 is 10.6 Å². The maximum Gasteiger partial charge on any atom is 0.191 e. The molecule has 0 saturated carbocycles. The molecular weight excluding hydrogens is 471 g/mol. The van der Waals surface area contributed by atoms with Crippen LogP contribution in [0.25, 0.3) is 0 Å². The first-order valence-electron chi connectivity index (χ1n) is 9.47. The molecule has 0 unspecified atom stereocenters. The molecule has 0 atom stereocenters. The van der Waals surface area contributed by atoms with Gasteiger partial charge in [0.1, 0.15) is 0 Å². The molecular formula is C20H35IN4OS. The molecule has 1 aromatic carbocycles. The van der Waals surface area contributed by atoms with Crippen molar-refractivity contribution >= 4 is 41.7 Å². The van der Waals surface area contributed by atoms with Crippen LogP contribution in [-0.4, -0.2) is 61.3 Å². The summed E-state index contributed by atoms with van der Waals surface area (Å²) in [4.78, 5) is 7.21. The van der Waals surface area contributed by atoms with Gasteiger partial charge in [-0.1, -0.05) is 24.3 Å². The Morgan fingerprint density at radius 3 is 2.59 bits per heavy atom. The van der Waals surface area contributed by atoms with Crippen molar-refractivity contribution in [2.75, 3.05) is 45.6 Å². The van der Waals surface area contributed by atoms with E-state index in [2.05, 4.69) is 66.8 Å². The van der Waals surface area contributed by atoms with Crippen LogP contribution in [0.15, 0.2) is 29.3 Å². The minimum absolute atomic E-state index is 0. The number of benzene rings is 1. The molecule has 0 aliphatic carbocycles. The highest BCUT2D eigenvalue weighted by Crippen LogP contribution is 2.19. The number of morpholine rings is 1. The van der Waals surface area contributed by atoms with Crippen molar-refractivity contribution in [3.63, 3.8) is 0 Å². The number of thioether (sulfide) groups is 1. The van der Waals surface area contributed by atoms with Crippen LogP contribution in [0.4, 0.5) is 0 Å². The number of nitrogens with zero attached hydrogens (tertiary/aromatic N) is 2. The van der Waals surface area contributed by atoms with Gasteiger partial charge in [0, 0.05) is 37.5 Å². The topological polar surface area (TPSA) is 48.9 Å². The highest BCUT2D eigenvalue weighted by molar-refractivity contribution is 14.0. The predicted molar refractivity (Wildman–Crippen MR) is 128 cm³/mol. The number of aliphatic imine (C=N–C) groups is 1. The number of nitrogens with one attached hydrogen (secondary N) is 2. The fraction of sp³-hybridized carbons (Fsp3) is 0.650. The Kier molecular flexibility index (Phi) is 11.7. The van der Waals surface area contributed by atoms with Gasteiger partial charge in [-0.2, -0.15) is 11.8 Å². The molecule has 27 heavy (non-hydrogen) atoms. The highest BCUT2D eigenvalue weighted by Gasteiger charge is 2.16. The summed E-state index contributed by atoms with van der Waals surface area (Å²) in [5.74, 6) is 0.883. The summed E-state index contributed by atoms with van der Waals surface area (Å²) < 4.78 is 5.62. The van der Waals surface area contributed by atoms with Crippen LogP contribution in [0.2, 0.25) is 0 Å². The molecule has 5 nitrogen and oxygen atoms in total. The van der Waals surface area contributed by atoms with Crippen LogP contribution >= 0.6 is 35.7 Å². The molecule has 0 amide bonds.